The third-order valence-corrected chi connectivity index (χ3v) is 5.94. The van der Waals surface area contributed by atoms with Crippen molar-refractivity contribution in [2.24, 2.45) is 0 Å². The molecule has 30 heavy (non-hydrogen) atoms. The number of Topliss-reactive ketones (excluding diaryl/α,β-unsaturated/α-hetero) is 1. The molecule has 0 radical (unpaired) electrons. The van der Waals surface area contributed by atoms with E-state index in [1.54, 1.807) is 44.3 Å². The maximum Gasteiger partial charge on any atom is 0.214 e. The molecule has 1 aromatic heterocycles. The SMILES string of the molecule is CC(=C(CCO)SCCC(=O)c1ccc(Cl)cc1)N(C=O)Cc1cnc(C)nc1N. The Morgan fingerprint density at radius 3 is 2.60 bits per heavy atom. The van der Waals surface area contributed by atoms with Crippen molar-refractivity contribution in [3.8, 4) is 0 Å². The highest BCUT2D eigenvalue weighted by Crippen LogP contribution is 2.27. The topological polar surface area (TPSA) is 109 Å². The lowest BCUT2D eigenvalue weighted by atomic mass is 10.1. The molecule has 0 saturated heterocycles. The van der Waals surface area contributed by atoms with Gasteiger partial charge in [0.25, 0.3) is 0 Å². The Balaban J connectivity index is 2.07. The molecule has 0 unspecified atom stereocenters. The summed E-state index contributed by atoms with van der Waals surface area (Å²) in [5.41, 5.74) is 7.88. The average Bonchev–Trinajstić information content (AvgIpc) is 2.72. The van der Waals surface area contributed by atoms with Crippen LogP contribution < -0.4 is 5.73 Å². The van der Waals surface area contributed by atoms with Crippen molar-refractivity contribution >= 4 is 41.4 Å². The van der Waals surface area contributed by atoms with Crippen molar-refractivity contribution in [2.75, 3.05) is 18.1 Å². The highest BCUT2D eigenvalue weighted by atomic mass is 35.5. The molecule has 7 nitrogen and oxygen atoms in total. The third-order valence-electron chi connectivity index (χ3n) is 4.43. The lowest BCUT2D eigenvalue weighted by Gasteiger charge is -2.22. The molecule has 0 fully saturated rings. The van der Waals surface area contributed by atoms with Gasteiger partial charge in [-0.15, -0.1) is 11.8 Å². The van der Waals surface area contributed by atoms with E-state index in [0.29, 0.717) is 58.5 Å². The fourth-order valence-corrected chi connectivity index (χ4v) is 3.94. The molecule has 2 rings (SSSR count). The van der Waals surface area contributed by atoms with Crippen LogP contribution in [0.4, 0.5) is 5.82 Å². The van der Waals surface area contributed by atoms with E-state index in [-0.39, 0.29) is 18.9 Å². The molecule has 0 atom stereocenters. The summed E-state index contributed by atoms with van der Waals surface area (Å²) >= 11 is 7.31. The van der Waals surface area contributed by atoms with Crippen LogP contribution in [-0.4, -0.2) is 44.5 Å². The van der Waals surface area contributed by atoms with Crippen LogP contribution >= 0.6 is 23.4 Å². The first-order chi connectivity index (χ1) is 14.3. The number of anilines is 1. The first-order valence-electron chi connectivity index (χ1n) is 9.37. The van der Waals surface area contributed by atoms with Crippen LogP contribution in [0.5, 0.6) is 0 Å². The van der Waals surface area contributed by atoms with Gasteiger partial charge in [-0.3, -0.25) is 9.59 Å². The Kier molecular flexibility index (Phi) is 9.29. The minimum Gasteiger partial charge on any atom is -0.396 e. The summed E-state index contributed by atoms with van der Waals surface area (Å²) in [6.45, 7) is 3.71. The van der Waals surface area contributed by atoms with Gasteiger partial charge in [0.2, 0.25) is 6.41 Å². The zero-order valence-corrected chi connectivity index (χ0v) is 18.5. The maximum absolute atomic E-state index is 12.3. The summed E-state index contributed by atoms with van der Waals surface area (Å²) in [4.78, 5) is 34.6. The van der Waals surface area contributed by atoms with Crippen LogP contribution in [0.1, 0.15) is 41.5 Å². The van der Waals surface area contributed by atoms with E-state index in [1.807, 2.05) is 0 Å². The van der Waals surface area contributed by atoms with Crippen molar-refractivity contribution in [1.29, 1.82) is 0 Å². The number of amides is 1. The van der Waals surface area contributed by atoms with Gasteiger partial charge in [0.1, 0.15) is 11.6 Å². The molecule has 1 amide bonds. The van der Waals surface area contributed by atoms with Crippen LogP contribution in [0.3, 0.4) is 0 Å². The van der Waals surface area contributed by atoms with Gasteiger partial charge in [-0.05, 0) is 38.1 Å². The molecule has 2 aromatic rings. The maximum atomic E-state index is 12.3. The second-order valence-corrected chi connectivity index (χ2v) is 8.20. The number of hydrogen-bond acceptors (Lipinski definition) is 7. The highest BCUT2D eigenvalue weighted by molar-refractivity contribution is 8.03. The summed E-state index contributed by atoms with van der Waals surface area (Å²) in [5, 5.41) is 10.0. The van der Waals surface area contributed by atoms with Gasteiger partial charge in [0.15, 0.2) is 5.78 Å². The third kappa shape index (κ3) is 6.83. The van der Waals surface area contributed by atoms with Crippen LogP contribution in [0, 0.1) is 6.92 Å². The van der Waals surface area contributed by atoms with Crippen LogP contribution in [0.15, 0.2) is 41.1 Å². The Hall–Kier alpha value is -2.42. The van der Waals surface area contributed by atoms with Crippen LogP contribution in [0.2, 0.25) is 5.02 Å². The Morgan fingerprint density at radius 2 is 2.00 bits per heavy atom. The number of allylic oxidation sites excluding steroid dienone is 1. The van der Waals surface area contributed by atoms with Gasteiger partial charge in [0, 0.05) is 58.1 Å². The normalized spacial score (nSPS) is 11.7. The molecule has 3 N–H and O–H groups in total. The van der Waals surface area contributed by atoms with Gasteiger partial charge in [0.05, 0.1) is 6.54 Å². The molecule has 1 aromatic carbocycles. The smallest absolute Gasteiger partial charge is 0.214 e. The summed E-state index contributed by atoms with van der Waals surface area (Å²) < 4.78 is 0. The van der Waals surface area contributed by atoms with Crippen molar-refractivity contribution in [2.45, 2.75) is 33.2 Å². The summed E-state index contributed by atoms with van der Waals surface area (Å²) in [6, 6.07) is 6.78. The minimum absolute atomic E-state index is 0.0111. The fraction of sp³-hybridized carbons (Fsp3) is 0.333. The number of aliphatic hydroxyl groups excluding tert-OH is 1. The Morgan fingerprint density at radius 1 is 1.30 bits per heavy atom. The number of hydrogen-bond donors (Lipinski definition) is 2. The monoisotopic (exact) mass is 448 g/mol. The van der Waals surface area contributed by atoms with E-state index in [9.17, 15) is 14.7 Å². The number of aromatic nitrogens is 2. The van der Waals surface area contributed by atoms with Crippen molar-refractivity contribution < 1.29 is 14.7 Å². The van der Waals surface area contributed by atoms with Crippen LogP contribution in [0.25, 0.3) is 0 Å². The van der Waals surface area contributed by atoms with E-state index >= 15 is 0 Å². The lowest BCUT2D eigenvalue weighted by Crippen LogP contribution is -2.22. The van der Waals surface area contributed by atoms with Gasteiger partial charge in [-0.25, -0.2) is 9.97 Å². The summed E-state index contributed by atoms with van der Waals surface area (Å²) in [7, 11) is 0. The number of thioether (sulfide) groups is 1. The molecule has 0 saturated carbocycles. The number of carbonyl (C=O) groups excluding carboxylic acids is 2. The number of nitrogens with two attached hydrogens (primary N) is 1. The van der Waals surface area contributed by atoms with E-state index in [2.05, 4.69) is 9.97 Å². The van der Waals surface area contributed by atoms with Crippen molar-refractivity contribution in [3.05, 3.63) is 63.0 Å². The quantitative estimate of drug-likeness (QED) is 0.399. The number of rotatable bonds is 11. The summed E-state index contributed by atoms with van der Waals surface area (Å²) in [6.07, 6.45) is 3.03. The Labute approximate surface area is 185 Å². The number of halogens is 1. The molecular formula is C21H25ClN4O3S. The first-order valence-corrected chi connectivity index (χ1v) is 10.7. The van der Waals surface area contributed by atoms with Gasteiger partial charge < -0.3 is 15.7 Å². The van der Waals surface area contributed by atoms with Crippen LogP contribution in [-0.2, 0) is 11.3 Å². The molecule has 9 heteroatoms. The predicted molar refractivity (Wildman–Crippen MR) is 120 cm³/mol. The van der Waals surface area contributed by atoms with E-state index in [4.69, 9.17) is 17.3 Å². The molecular weight excluding hydrogens is 424 g/mol. The number of carbonyl (C=O) groups is 2. The van der Waals surface area contributed by atoms with E-state index in [0.717, 1.165) is 4.91 Å². The van der Waals surface area contributed by atoms with E-state index in [1.165, 1.54) is 16.7 Å². The zero-order chi connectivity index (χ0) is 22.1. The number of benzene rings is 1. The number of ketones is 1. The van der Waals surface area contributed by atoms with Crippen molar-refractivity contribution in [3.63, 3.8) is 0 Å². The Bertz CT molecular complexity index is 919. The van der Waals surface area contributed by atoms with Crippen molar-refractivity contribution in [1.82, 2.24) is 14.9 Å². The average molecular weight is 449 g/mol. The van der Waals surface area contributed by atoms with E-state index < -0.39 is 0 Å². The largest absolute Gasteiger partial charge is 0.396 e. The number of aliphatic hydroxyl groups is 1. The van der Waals surface area contributed by atoms with Gasteiger partial charge in [-0.1, -0.05) is 11.6 Å². The second kappa shape index (κ2) is 11.7. The molecule has 0 bridgehead atoms. The summed E-state index contributed by atoms with van der Waals surface area (Å²) in [5.74, 6) is 1.42. The molecule has 1 heterocycles. The second-order valence-electron chi connectivity index (χ2n) is 6.57. The zero-order valence-electron chi connectivity index (χ0n) is 17.0. The highest BCUT2D eigenvalue weighted by Gasteiger charge is 2.15. The minimum atomic E-state index is -0.0622. The molecule has 160 valence electrons. The molecule has 0 aliphatic heterocycles. The number of nitrogen functional groups attached to an aromatic ring is 1. The standard InChI is InChI=1S/C21H25ClN4O3S/c1-14(26(13-28)12-17-11-24-15(2)25-21(17)23)20(7-9-27)30-10-8-19(29)16-3-5-18(22)6-4-16/h3-6,11,13,27H,7-10,12H2,1-2H3,(H2,23,24,25). The van der Waals surface area contributed by atoms with Gasteiger partial charge >= 0.3 is 0 Å². The molecule has 0 spiro atoms. The fourth-order valence-electron chi connectivity index (χ4n) is 2.72. The molecule has 0 aliphatic rings. The lowest BCUT2D eigenvalue weighted by molar-refractivity contribution is -0.116. The first kappa shape index (κ1) is 23.9. The number of aryl methyl sites for hydroxylation is 1. The molecule has 0 aliphatic carbocycles. The number of nitrogens with zero attached hydrogens (tertiary/aromatic N) is 3. The predicted octanol–water partition coefficient (Wildman–Crippen LogP) is 3.60. The van der Waals surface area contributed by atoms with Gasteiger partial charge in [-0.2, -0.15) is 0 Å².